The fourth-order valence-electron chi connectivity index (χ4n) is 4.49. The molecule has 1 aromatic rings. The van der Waals surface area contributed by atoms with Crippen LogP contribution in [0.3, 0.4) is 0 Å². The third kappa shape index (κ3) is 5.82. The van der Waals surface area contributed by atoms with E-state index in [4.69, 9.17) is 0 Å². The summed E-state index contributed by atoms with van der Waals surface area (Å²) in [5.74, 6) is 3.82. The molecular formula is C20H37IN6. The van der Waals surface area contributed by atoms with Crippen LogP contribution in [-0.2, 0) is 13.6 Å². The lowest BCUT2D eigenvalue weighted by atomic mass is 9.79. The summed E-state index contributed by atoms with van der Waals surface area (Å²) < 4.78 is 2.05. The molecule has 0 aromatic carbocycles. The Balaban J connectivity index is 0.00000261. The SMILES string of the molecule is CN=C(NCc1nccn1C)N1CCN(C2CCC(C(C)C)CC2)CC1.I. The van der Waals surface area contributed by atoms with Gasteiger partial charge in [0, 0.05) is 58.7 Å². The second kappa shape index (κ2) is 10.6. The molecule has 154 valence electrons. The molecule has 0 radical (unpaired) electrons. The van der Waals surface area contributed by atoms with Gasteiger partial charge in [-0.15, -0.1) is 24.0 Å². The molecule has 0 bridgehead atoms. The summed E-state index contributed by atoms with van der Waals surface area (Å²) in [5.41, 5.74) is 0. The van der Waals surface area contributed by atoms with Crippen molar-refractivity contribution in [3.63, 3.8) is 0 Å². The third-order valence-electron chi connectivity index (χ3n) is 6.35. The second-order valence-electron chi connectivity index (χ2n) is 8.19. The highest BCUT2D eigenvalue weighted by Gasteiger charge is 2.29. The molecule has 1 saturated heterocycles. The molecule has 3 rings (SSSR count). The maximum atomic E-state index is 4.48. The van der Waals surface area contributed by atoms with Crippen molar-refractivity contribution in [2.45, 2.75) is 52.1 Å². The average Bonchev–Trinajstić information content (AvgIpc) is 3.08. The van der Waals surface area contributed by atoms with Crippen molar-refractivity contribution in [3.8, 4) is 0 Å². The van der Waals surface area contributed by atoms with Crippen LogP contribution < -0.4 is 5.32 Å². The molecule has 1 aromatic heterocycles. The van der Waals surface area contributed by atoms with Gasteiger partial charge in [-0.3, -0.25) is 9.89 Å². The Labute approximate surface area is 181 Å². The fourth-order valence-corrected chi connectivity index (χ4v) is 4.49. The summed E-state index contributed by atoms with van der Waals surface area (Å²) in [6.45, 7) is 9.91. The smallest absolute Gasteiger partial charge is 0.194 e. The van der Waals surface area contributed by atoms with Crippen LogP contribution in [0.15, 0.2) is 17.4 Å². The number of aryl methyl sites for hydroxylation is 1. The zero-order valence-corrected chi connectivity index (χ0v) is 19.7. The maximum absolute atomic E-state index is 4.48. The fraction of sp³-hybridized carbons (Fsp3) is 0.800. The van der Waals surface area contributed by atoms with Gasteiger partial charge in [-0.05, 0) is 37.5 Å². The number of aromatic nitrogens is 2. The molecule has 27 heavy (non-hydrogen) atoms. The molecule has 2 heterocycles. The van der Waals surface area contributed by atoms with E-state index in [1.165, 1.54) is 25.7 Å². The Morgan fingerprint density at radius 1 is 1.19 bits per heavy atom. The molecule has 0 spiro atoms. The molecule has 1 aliphatic heterocycles. The topological polar surface area (TPSA) is 48.7 Å². The van der Waals surface area contributed by atoms with E-state index >= 15 is 0 Å². The zero-order valence-electron chi connectivity index (χ0n) is 17.4. The molecule has 1 saturated carbocycles. The van der Waals surface area contributed by atoms with Gasteiger partial charge in [-0.25, -0.2) is 4.98 Å². The lowest BCUT2D eigenvalue weighted by Gasteiger charge is -2.43. The summed E-state index contributed by atoms with van der Waals surface area (Å²) in [6.07, 6.45) is 9.41. The van der Waals surface area contributed by atoms with Crippen LogP contribution in [0.5, 0.6) is 0 Å². The van der Waals surface area contributed by atoms with E-state index in [0.717, 1.165) is 62.4 Å². The van der Waals surface area contributed by atoms with Gasteiger partial charge < -0.3 is 14.8 Å². The Morgan fingerprint density at radius 2 is 1.85 bits per heavy atom. The number of piperazine rings is 1. The van der Waals surface area contributed by atoms with Gasteiger partial charge in [0.25, 0.3) is 0 Å². The van der Waals surface area contributed by atoms with Gasteiger partial charge in [-0.2, -0.15) is 0 Å². The van der Waals surface area contributed by atoms with Crippen molar-refractivity contribution in [1.29, 1.82) is 0 Å². The largest absolute Gasteiger partial charge is 0.349 e. The number of nitrogens with zero attached hydrogens (tertiary/aromatic N) is 5. The van der Waals surface area contributed by atoms with Crippen LogP contribution in [0, 0.1) is 11.8 Å². The standard InChI is InChI=1S/C20H36N6.HI/c1-16(2)17-5-7-18(8-6-17)25-11-13-26(14-12-25)20(21-3)23-15-19-22-9-10-24(19)4;/h9-10,16-18H,5-8,11-15H2,1-4H3,(H,21,23);1H. The van der Waals surface area contributed by atoms with E-state index in [1.54, 1.807) is 0 Å². The number of rotatable bonds is 4. The Morgan fingerprint density at radius 3 is 2.37 bits per heavy atom. The zero-order chi connectivity index (χ0) is 18.5. The van der Waals surface area contributed by atoms with Gasteiger partial charge >= 0.3 is 0 Å². The predicted octanol–water partition coefficient (Wildman–Crippen LogP) is 2.95. The first-order chi connectivity index (χ1) is 12.6. The number of nitrogens with one attached hydrogen (secondary N) is 1. The summed E-state index contributed by atoms with van der Waals surface area (Å²) in [4.78, 5) is 14.0. The molecule has 0 atom stereocenters. The highest BCUT2D eigenvalue weighted by Crippen LogP contribution is 2.32. The second-order valence-corrected chi connectivity index (χ2v) is 8.19. The lowest BCUT2D eigenvalue weighted by Crippen LogP contribution is -2.55. The van der Waals surface area contributed by atoms with Crippen molar-refractivity contribution in [3.05, 3.63) is 18.2 Å². The third-order valence-corrected chi connectivity index (χ3v) is 6.35. The summed E-state index contributed by atoms with van der Waals surface area (Å²) in [5, 5.41) is 3.47. The van der Waals surface area contributed by atoms with Crippen molar-refractivity contribution >= 4 is 29.9 Å². The Hall–Kier alpha value is -0.830. The number of hydrogen-bond acceptors (Lipinski definition) is 3. The van der Waals surface area contributed by atoms with Gasteiger partial charge in [0.1, 0.15) is 5.82 Å². The van der Waals surface area contributed by atoms with Gasteiger partial charge in [0.2, 0.25) is 0 Å². The Bertz CT molecular complexity index is 583. The minimum Gasteiger partial charge on any atom is -0.349 e. The lowest BCUT2D eigenvalue weighted by molar-refractivity contribution is 0.0864. The van der Waals surface area contributed by atoms with Crippen molar-refractivity contribution in [2.24, 2.45) is 23.9 Å². The number of aliphatic imine (C=N–C) groups is 1. The maximum Gasteiger partial charge on any atom is 0.194 e. The highest BCUT2D eigenvalue weighted by atomic mass is 127. The summed E-state index contributed by atoms with van der Waals surface area (Å²) in [6, 6.07) is 0.801. The van der Waals surface area contributed by atoms with Crippen LogP contribution >= 0.6 is 24.0 Å². The Kier molecular flexibility index (Phi) is 8.85. The van der Waals surface area contributed by atoms with Gasteiger partial charge in [0.05, 0.1) is 6.54 Å². The van der Waals surface area contributed by atoms with Crippen LogP contribution in [0.4, 0.5) is 0 Å². The van der Waals surface area contributed by atoms with Crippen molar-refractivity contribution in [1.82, 2.24) is 24.7 Å². The first-order valence-corrected chi connectivity index (χ1v) is 10.2. The van der Waals surface area contributed by atoms with Crippen LogP contribution in [0.1, 0.15) is 45.4 Å². The number of imidazole rings is 1. The van der Waals surface area contributed by atoms with E-state index in [-0.39, 0.29) is 24.0 Å². The quantitative estimate of drug-likeness (QED) is 0.402. The highest BCUT2D eigenvalue weighted by molar-refractivity contribution is 14.0. The van der Waals surface area contributed by atoms with E-state index in [1.807, 2.05) is 31.1 Å². The van der Waals surface area contributed by atoms with E-state index in [9.17, 15) is 0 Å². The number of guanidine groups is 1. The number of halogens is 1. The molecule has 0 unspecified atom stereocenters. The monoisotopic (exact) mass is 488 g/mol. The van der Waals surface area contributed by atoms with Crippen LogP contribution in [-0.4, -0.2) is 64.6 Å². The van der Waals surface area contributed by atoms with Gasteiger partial charge in [0.15, 0.2) is 5.96 Å². The van der Waals surface area contributed by atoms with E-state index in [2.05, 4.69) is 38.9 Å². The minimum absolute atomic E-state index is 0. The van der Waals surface area contributed by atoms with Crippen molar-refractivity contribution in [2.75, 3.05) is 33.2 Å². The molecule has 7 heteroatoms. The number of hydrogen-bond donors (Lipinski definition) is 1. The van der Waals surface area contributed by atoms with E-state index in [0.29, 0.717) is 0 Å². The molecule has 2 aliphatic rings. The molecule has 2 fully saturated rings. The summed E-state index contributed by atoms with van der Waals surface area (Å²) in [7, 11) is 3.90. The first kappa shape index (κ1) is 22.5. The van der Waals surface area contributed by atoms with Crippen LogP contribution in [0.25, 0.3) is 0 Å². The van der Waals surface area contributed by atoms with Crippen molar-refractivity contribution < 1.29 is 0 Å². The molecular weight excluding hydrogens is 451 g/mol. The first-order valence-electron chi connectivity index (χ1n) is 10.2. The molecule has 6 nitrogen and oxygen atoms in total. The average molecular weight is 488 g/mol. The molecule has 1 aliphatic carbocycles. The normalized spacial score (nSPS) is 24.8. The van der Waals surface area contributed by atoms with Gasteiger partial charge in [-0.1, -0.05) is 13.8 Å². The van der Waals surface area contributed by atoms with Crippen LogP contribution in [0.2, 0.25) is 0 Å². The van der Waals surface area contributed by atoms with E-state index < -0.39 is 0 Å². The minimum atomic E-state index is 0. The summed E-state index contributed by atoms with van der Waals surface area (Å²) >= 11 is 0. The molecule has 0 amide bonds. The predicted molar refractivity (Wildman–Crippen MR) is 123 cm³/mol. The molecule has 1 N–H and O–H groups in total.